The zero-order valence-electron chi connectivity index (χ0n) is 22.5. The van der Waals surface area contributed by atoms with Gasteiger partial charge in [-0.1, -0.05) is 13.3 Å². The van der Waals surface area contributed by atoms with Gasteiger partial charge in [0.1, 0.15) is 29.7 Å². The highest BCUT2D eigenvalue weighted by Crippen LogP contribution is 2.32. The fourth-order valence-corrected chi connectivity index (χ4v) is 4.02. The predicted molar refractivity (Wildman–Crippen MR) is 142 cm³/mol. The molecule has 2 aliphatic heterocycles. The van der Waals surface area contributed by atoms with Gasteiger partial charge in [0.05, 0.1) is 24.6 Å². The van der Waals surface area contributed by atoms with Crippen LogP contribution in [-0.2, 0) is 4.74 Å². The van der Waals surface area contributed by atoms with Gasteiger partial charge in [-0.25, -0.2) is 19.2 Å². The van der Waals surface area contributed by atoms with Crippen LogP contribution >= 0.6 is 0 Å². The number of carbonyl (C=O) groups excluding carboxylic acids is 1. The average Bonchev–Trinajstić information content (AvgIpc) is 3.39. The molecule has 3 heterocycles. The lowest BCUT2D eigenvalue weighted by Crippen LogP contribution is -2.54. The summed E-state index contributed by atoms with van der Waals surface area (Å²) in [6.07, 6.45) is 4.53. The number of aliphatic imine (C=N–C) groups is 1. The summed E-state index contributed by atoms with van der Waals surface area (Å²) in [6.45, 7) is 9.18. The molecule has 3 unspecified atom stereocenters. The molecule has 0 saturated carbocycles. The number of nitrogens with zero attached hydrogens (tertiary/aromatic N) is 5. The van der Waals surface area contributed by atoms with E-state index in [0.717, 1.165) is 6.42 Å². The summed E-state index contributed by atoms with van der Waals surface area (Å²) in [7, 11) is 1.51. The van der Waals surface area contributed by atoms with Crippen LogP contribution in [0, 0.1) is 11.3 Å². The highest BCUT2D eigenvalue weighted by Gasteiger charge is 2.31. The molecule has 0 radical (unpaired) electrons. The second-order valence-electron chi connectivity index (χ2n) is 10.0. The molecule has 0 bridgehead atoms. The predicted octanol–water partition coefficient (Wildman–Crippen LogP) is 4.72. The zero-order valence-corrected chi connectivity index (χ0v) is 22.5. The van der Waals surface area contributed by atoms with E-state index in [1.165, 1.54) is 19.4 Å². The Labute approximate surface area is 222 Å². The molecule has 204 valence electrons. The van der Waals surface area contributed by atoms with Crippen LogP contribution in [-0.4, -0.2) is 54.0 Å². The largest absolute Gasteiger partial charge is 0.481 e. The van der Waals surface area contributed by atoms with Crippen molar-refractivity contribution >= 4 is 17.6 Å². The lowest BCUT2D eigenvalue weighted by Gasteiger charge is -2.32. The molecule has 1 aromatic heterocycles. The Bertz CT molecular complexity index is 1160. The van der Waals surface area contributed by atoms with E-state index in [2.05, 4.69) is 36.2 Å². The smallest absolute Gasteiger partial charge is 0.407 e. The standard InChI is InChI=1S/C26H35FN8O3/c1-7-8-20(15(2)31-25(36)38-26(3,4)5)33-23-19(27)11-16(13-28)22(34-23)32-17-12-18(21-9-10-30-35-21)24(37-6)29-14-17/h9-12,14-15,19-21,23,33H,7-8H2,1-6H3,(H,31,36)(H,32,34)/t15-,19?,20+,21?,23?/m0/s1. The van der Waals surface area contributed by atoms with Crippen LogP contribution in [0.15, 0.2) is 51.4 Å². The minimum absolute atomic E-state index is 0.0698. The van der Waals surface area contributed by atoms with Gasteiger partial charge in [0.25, 0.3) is 0 Å². The number of ether oxygens (including phenoxy) is 2. The summed E-state index contributed by atoms with van der Waals surface area (Å²) in [5, 5.41) is 26.8. The van der Waals surface area contributed by atoms with Gasteiger partial charge in [-0.2, -0.15) is 15.5 Å². The number of hydrogen-bond acceptors (Lipinski definition) is 10. The fourth-order valence-electron chi connectivity index (χ4n) is 4.02. The number of alkyl halides is 1. The number of hydrogen-bond donors (Lipinski definition) is 3. The molecule has 1 aromatic rings. The highest BCUT2D eigenvalue weighted by atomic mass is 19.1. The number of aromatic nitrogens is 1. The van der Waals surface area contributed by atoms with Gasteiger partial charge in [-0.3, -0.25) is 5.32 Å². The van der Waals surface area contributed by atoms with Crippen LogP contribution in [0.5, 0.6) is 5.88 Å². The third-order valence-corrected chi connectivity index (χ3v) is 5.78. The number of nitriles is 1. The van der Waals surface area contributed by atoms with Crippen LogP contribution < -0.4 is 20.7 Å². The molecule has 12 heteroatoms. The number of carbonyl (C=O) groups is 1. The molecule has 5 atom stereocenters. The normalized spacial score (nSPS) is 22.1. The molecule has 0 aliphatic carbocycles. The van der Waals surface area contributed by atoms with Crippen LogP contribution in [0.25, 0.3) is 0 Å². The first-order valence-corrected chi connectivity index (χ1v) is 12.5. The number of anilines is 1. The number of nitrogens with one attached hydrogen (secondary N) is 3. The van der Waals surface area contributed by atoms with Crippen molar-refractivity contribution < 1.29 is 18.7 Å². The SMILES string of the molecule is CCC[C@@H](NC1N=C(Nc2cnc(OC)c(C3C=CN=N3)c2)C(C#N)=CC1F)[C@H](C)NC(=O)OC(C)(C)C. The third-order valence-electron chi connectivity index (χ3n) is 5.78. The number of rotatable bonds is 9. The number of amides is 1. The van der Waals surface area contributed by atoms with Crippen molar-refractivity contribution in [3.05, 3.63) is 41.8 Å². The number of methoxy groups -OCH3 is 1. The van der Waals surface area contributed by atoms with E-state index >= 15 is 4.39 Å². The first-order chi connectivity index (χ1) is 18.0. The minimum Gasteiger partial charge on any atom is -0.481 e. The molecule has 0 fully saturated rings. The number of halogens is 1. The van der Waals surface area contributed by atoms with Gasteiger partial charge in [-0.15, -0.1) is 0 Å². The summed E-state index contributed by atoms with van der Waals surface area (Å²) in [6, 6.07) is 2.76. The number of azo groups is 1. The van der Waals surface area contributed by atoms with Crippen molar-refractivity contribution in [1.82, 2.24) is 15.6 Å². The lowest BCUT2D eigenvalue weighted by molar-refractivity contribution is 0.0494. The Hall–Kier alpha value is -3.85. The Balaban J connectivity index is 1.80. The molecule has 3 rings (SSSR count). The van der Waals surface area contributed by atoms with Gasteiger partial charge in [0.15, 0.2) is 6.17 Å². The molecular formula is C26H35FN8O3. The first kappa shape index (κ1) is 28.7. The highest BCUT2D eigenvalue weighted by molar-refractivity contribution is 6.11. The Morgan fingerprint density at radius 1 is 1.34 bits per heavy atom. The summed E-state index contributed by atoms with van der Waals surface area (Å²) >= 11 is 0. The molecule has 11 nitrogen and oxygen atoms in total. The molecule has 0 spiro atoms. The van der Waals surface area contributed by atoms with E-state index in [0.29, 0.717) is 23.6 Å². The summed E-state index contributed by atoms with van der Waals surface area (Å²) < 4.78 is 25.8. The molecule has 3 N–H and O–H groups in total. The van der Waals surface area contributed by atoms with Crippen molar-refractivity contribution in [1.29, 1.82) is 5.26 Å². The van der Waals surface area contributed by atoms with Gasteiger partial charge in [0.2, 0.25) is 5.88 Å². The summed E-state index contributed by atoms with van der Waals surface area (Å²) in [5.74, 6) is 0.591. The Kier molecular flexibility index (Phi) is 9.52. The number of pyridine rings is 1. The maximum atomic E-state index is 15.1. The molecule has 0 saturated heterocycles. The Morgan fingerprint density at radius 2 is 2.11 bits per heavy atom. The van der Waals surface area contributed by atoms with Crippen molar-refractivity contribution in [2.75, 3.05) is 12.4 Å². The second-order valence-corrected chi connectivity index (χ2v) is 10.0. The van der Waals surface area contributed by atoms with Crippen LogP contribution in [0.2, 0.25) is 0 Å². The van der Waals surface area contributed by atoms with E-state index in [1.807, 2.05) is 19.9 Å². The van der Waals surface area contributed by atoms with Gasteiger partial charge < -0.3 is 20.1 Å². The van der Waals surface area contributed by atoms with Gasteiger partial charge in [0, 0.05) is 23.8 Å². The Morgan fingerprint density at radius 3 is 2.71 bits per heavy atom. The number of amidine groups is 1. The topological polar surface area (TPSA) is 145 Å². The van der Waals surface area contributed by atoms with Crippen molar-refractivity contribution in [2.45, 2.75) is 83.5 Å². The van der Waals surface area contributed by atoms with Gasteiger partial charge in [-0.05, 0) is 52.3 Å². The summed E-state index contributed by atoms with van der Waals surface area (Å²) in [4.78, 5) is 21.1. The maximum absolute atomic E-state index is 15.1. The van der Waals surface area contributed by atoms with E-state index in [1.54, 1.807) is 39.1 Å². The van der Waals surface area contributed by atoms with E-state index in [9.17, 15) is 10.1 Å². The van der Waals surface area contributed by atoms with Crippen molar-refractivity contribution in [3.8, 4) is 11.9 Å². The first-order valence-electron chi connectivity index (χ1n) is 12.5. The quantitative estimate of drug-likeness (QED) is 0.422. The van der Waals surface area contributed by atoms with Crippen LogP contribution in [0.1, 0.15) is 59.1 Å². The van der Waals surface area contributed by atoms with E-state index in [4.69, 9.17) is 9.47 Å². The van der Waals surface area contributed by atoms with Crippen molar-refractivity contribution in [3.63, 3.8) is 0 Å². The van der Waals surface area contributed by atoms with E-state index in [-0.39, 0.29) is 29.5 Å². The van der Waals surface area contributed by atoms with Crippen LogP contribution in [0.4, 0.5) is 14.9 Å². The number of dihydropyridines is 1. The maximum Gasteiger partial charge on any atom is 0.407 e. The minimum atomic E-state index is -1.54. The van der Waals surface area contributed by atoms with E-state index < -0.39 is 24.0 Å². The average molecular weight is 527 g/mol. The molecule has 38 heavy (non-hydrogen) atoms. The molecule has 2 aliphatic rings. The molecular weight excluding hydrogens is 491 g/mol. The molecule has 1 amide bonds. The summed E-state index contributed by atoms with van der Waals surface area (Å²) in [5.41, 5.74) is 0.635. The fraction of sp³-hybridized carbons (Fsp3) is 0.538. The van der Waals surface area contributed by atoms with Crippen LogP contribution in [0.3, 0.4) is 0 Å². The number of alkyl carbamates (subject to hydrolysis) is 1. The third kappa shape index (κ3) is 7.58. The zero-order chi connectivity index (χ0) is 27.9. The van der Waals surface area contributed by atoms with Crippen molar-refractivity contribution in [2.24, 2.45) is 15.2 Å². The molecule has 0 aromatic carbocycles. The monoisotopic (exact) mass is 526 g/mol. The van der Waals surface area contributed by atoms with Gasteiger partial charge >= 0.3 is 6.09 Å². The lowest BCUT2D eigenvalue weighted by atomic mass is 10.0. The second kappa shape index (κ2) is 12.6.